The molecule has 0 radical (unpaired) electrons. The largest absolute Gasteiger partial charge is 0.337 e. The van der Waals surface area contributed by atoms with Crippen LogP contribution in [0.3, 0.4) is 0 Å². The van der Waals surface area contributed by atoms with E-state index in [1.54, 1.807) is 13.8 Å². The summed E-state index contributed by atoms with van der Waals surface area (Å²) in [5, 5.41) is 0. The average molecular weight is 254 g/mol. The van der Waals surface area contributed by atoms with Gasteiger partial charge < -0.3 is 9.05 Å². The second-order valence-corrected chi connectivity index (χ2v) is 5.78. The van der Waals surface area contributed by atoms with E-state index < -0.39 is 19.7 Å². The third kappa shape index (κ3) is 3.12. The minimum Gasteiger partial charge on any atom is -0.308 e. The second kappa shape index (κ2) is 5.89. The lowest BCUT2D eigenvalue weighted by Crippen LogP contribution is -2.08. The van der Waals surface area contributed by atoms with Gasteiger partial charge in [-0.1, -0.05) is 6.08 Å². The molecule has 0 N–H and O–H groups in total. The van der Waals surface area contributed by atoms with Gasteiger partial charge >= 0.3 is 7.60 Å². The molecule has 94 valence electrons. The molecule has 1 aliphatic carbocycles. The molecule has 0 aromatic heterocycles. The third-order valence-corrected chi connectivity index (χ3v) is 4.90. The Morgan fingerprint density at radius 1 is 1.44 bits per heavy atom. The minimum atomic E-state index is -3.25. The highest BCUT2D eigenvalue weighted by atomic mass is 31.2. The predicted octanol–water partition coefficient (Wildman–Crippen LogP) is 3.61. The highest BCUT2D eigenvalue weighted by molar-refractivity contribution is 7.54. The van der Waals surface area contributed by atoms with E-state index in [0.29, 0.717) is 6.42 Å². The maximum Gasteiger partial charge on any atom is 0.337 e. The van der Waals surface area contributed by atoms with E-state index in [0.717, 1.165) is 0 Å². The molecular weight excluding hydrogens is 237 g/mol. The molecule has 0 aromatic carbocycles. The van der Waals surface area contributed by atoms with Crippen molar-refractivity contribution in [3.05, 3.63) is 11.6 Å². The van der Waals surface area contributed by atoms with E-state index in [1.807, 2.05) is 0 Å². The maximum atomic E-state index is 12.4. The number of hydrogen-bond donors (Lipinski definition) is 0. The molecule has 0 aliphatic heterocycles. The van der Waals surface area contributed by atoms with Crippen molar-refractivity contribution in [3.8, 4) is 0 Å². The summed E-state index contributed by atoms with van der Waals surface area (Å²) in [5.41, 5.74) is -0.471. The average Bonchev–Trinajstić information content (AvgIpc) is 2.67. The predicted molar refractivity (Wildman–Crippen MR) is 58.0 cm³/mol. The first-order valence-electron chi connectivity index (χ1n) is 5.41. The van der Waals surface area contributed by atoms with Crippen molar-refractivity contribution in [2.45, 2.75) is 38.8 Å². The molecule has 0 amide bonds. The molecule has 1 rings (SSSR count). The normalized spacial score (nSPS) is 21.6. The Morgan fingerprint density at radius 2 is 2.00 bits per heavy atom. The highest BCUT2D eigenvalue weighted by Crippen LogP contribution is 2.57. The van der Waals surface area contributed by atoms with Gasteiger partial charge in [0.2, 0.25) is 0 Å². The molecule has 0 saturated carbocycles. The Hall–Kier alpha value is -0.250. The van der Waals surface area contributed by atoms with Gasteiger partial charge in [-0.05, 0) is 32.3 Å². The lowest BCUT2D eigenvalue weighted by Gasteiger charge is -2.21. The zero-order valence-corrected chi connectivity index (χ0v) is 10.4. The van der Waals surface area contributed by atoms with Crippen molar-refractivity contribution in [2.75, 3.05) is 13.2 Å². The fraction of sp³-hybridized carbons (Fsp3) is 0.800. The van der Waals surface area contributed by atoms with E-state index in [9.17, 15) is 13.3 Å². The molecular formula is C10H17F2O3P. The Bertz CT molecular complexity index is 294. The summed E-state index contributed by atoms with van der Waals surface area (Å²) in [6.45, 7) is 3.92. The van der Waals surface area contributed by atoms with Gasteiger partial charge in [-0.15, -0.1) is 0 Å². The van der Waals surface area contributed by atoms with E-state index in [2.05, 4.69) is 0 Å². The van der Waals surface area contributed by atoms with Crippen LogP contribution in [0.5, 0.6) is 0 Å². The Labute approximate surface area is 94.3 Å². The molecule has 3 nitrogen and oxygen atoms in total. The van der Waals surface area contributed by atoms with Crippen molar-refractivity contribution in [2.24, 2.45) is 0 Å². The second-order valence-electron chi connectivity index (χ2n) is 3.52. The lowest BCUT2D eigenvalue weighted by molar-refractivity contribution is 0.186. The summed E-state index contributed by atoms with van der Waals surface area (Å²) in [7, 11) is -3.25. The maximum absolute atomic E-state index is 12.4. The van der Waals surface area contributed by atoms with Crippen LogP contribution in [0.4, 0.5) is 8.78 Å². The van der Waals surface area contributed by atoms with Gasteiger partial charge in [-0.3, -0.25) is 4.57 Å². The van der Waals surface area contributed by atoms with Crippen LogP contribution in [0, 0.1) is 0 Å². The molecule has 0 spiro atoms. The van der Waals surface area contributed by atoms with Crippen LogP contribution in [0.15, 0.2) is 11.6 Å². The highest BCUT2D eigenvalue weighted by Gasteiger charge is 2.38. The first-order chi connectivity index (χ1) is 7.53. The van der Waals surface area contributed by atoms with Crippen molar-refractivity contribution in [3.63, 3.8) is 0 Å². The number of halogens is 2. The molecule has 0 aromatic rings. The van der Waals surface area contributed by atoms with E-state index in [4.69, 9.17) is 9.05 Å². The summed E-state index contributed by atoms with van der Waals surface area (Å²) >= 11 is 0. The van der Waals surface area contributed by atoms with Crippen molar-refractivity contribution < 1.29 is 22.4 Å². The summed E-state index contributed by atoms with van der Waals surface area (Å²) in [6, 6.07) is 0. The molecule has 6 heteroatoms. The fourth-order valence-electron chi connectivity index (χ4n) is 1.75. The Balaban J connectivity index is 2.78. The zero-order chi connectivity index (χ0) is 12.2. The topological polar surface area (TPSA) is 35.5 Å². The quantitative estimate of drug-likeness (QED) is 0.536. The molecule has 1 aliphatic rings. The fourth-order valence-corrected chi connectivity index (χ4v) is 3.74. The van der Waals surface area contributed by atoms with Gasteiger partial charge in [-0.25, -0.2) is 8.78 Å². The van der Waals surface area contributed by atoms with Crippen LogP contribution in [0.25, 0.3) is 0 Å². The van der Waals surface area contributed by atoms with Gasteiger partial charge in [-0.2, -0.15) is 0 Å². The van der Waals surface area contributed by atoms with E-state index >= 15 is 0 Å². The molecule has 0 heterocycles. The Kier molecular flexibility index (Phi) is 5.09. The summed E-state index contributed by atoms with van der Waals surface area (Å²) in [4.78, 5) is 0. The van der Waals surface area contributed by atoms with Crippen LogP contribution in [0.2, 0.25) is 0 Å². The summed E-state index contributed by atoms with van der Waals surface area (Å²) in [5.74, 6) is 0. The van der Waals surface area contributed by atoms with Crippen LogP contribution in [-0.4, -0.2) is 25.3 Å². The van der Waals surface area contributed by atoms with Gasteiger partial charge in [0.05, 0.1) is 18.9 Å². The first kappa shape index (κ1) is 13.8. The van der Waals surface area contributed by atoms with Gasteiger partial charge in [0.15, 0.2) is 0 Å². The van der Waals surface area contributed by atoms with Gasteiger partial charge in [0, 0.05) is 0 Å². The number of allylic oxidation sites excluding steroid dienone is 2. The molecule has 0 fully saturated rings. The number of hydrogen-bond acceptors (Lipinski definition) is 3. The third-order valence-electron chi connectivity index (χ3n) is 2.44. The standard InChI is InChI=1S/C10H17F2O3P/c1-3-14-16(13,15-4-2)9-6-5-8(7-9)10(11)12/h7,9-10H,3-6H2,1-2H3. The van der Waals surface area contributed by atoms with Crippen molar-refractivity contribution in [1.82, 2.24) is 0 Å². The van der Waals surface area contributed by atoms with Gasteiger partial charge in [0.25, 0.3) is 6.43 Å². The van der Waals surface area contributed by atoms with E-state index in [1.165, 1.54) is 6.08 Å². The smallest absolute Gasteiger partial charge is 0.308 e. The Morgan fingerprint density at radius 3 is 2.38 bits per heavy atom. The number of rotatable bonds is 6. The van der Waals surface area contributed by atoms with Crippen LogP contribution in [0.1, 0.15) is 26.7 Å². The summed E-state index contributed by atoms with van der Waals surface area (Å²) < 4.78 is 47.4. The molecule has 16 heavy (non-hydrogen) atoms. The van der Waals surface area contributed by atoms with E-state index in [-0.39, 0.29) is 25.2 Å². The lowest BCUT2D eigenvalue weighted by atomic mass is 10.2. The van der Waals surface area contributed by atoms with Crippen LogP contribution >= 0.6 is 7.60 Å². The molecule has 0 bridgehead atoms. The monoisotopic (exact) mass is 254 g/mol. The molecule has 1 atom stereocenters. The van der Waals surface area contributed by atoms with Crippen LogP contribution < -0.4 is 0 Å². The zero-order valence-electron chi connectivity index (χ0n) is 9.49. The number of alkyl halides is 2. The van der Waals surface area contributed by atoms with Crippen LogP contribution in [-0.2, 0) is 13.6 Å². The molecule has 1 unspecified atom stereocenters. The van der Waals surface area contributed by atoms with Crippen molar-refractivity contribution in [1.29, 1.82) is 0 Å². The first-order valence-corrected chi connectivity index (χ1v) is 7.02. The molecule has 0 saturated heterocycles. The minimum absolute atomic E-state index is 0.0460. The van der Waals surface area contributed by atoms with Gasteiger partial charge in [0.1, 0.15) is 0 Å². The SMILES string of the molecule is CCOP(=O)(OCC)C1C=C(C(F)F)CC1. The summed E-state index contributed by atoms with van der Waals surface area (Å²) in [6.07, 6.45) is -0.429. The van der Waals surface area contributed by atoms with Crippen molar-refractivity contribution >= 4 is 7.60 Å².